The van der Waals surface area contributed by atoms with E-state index in [9.17, 15) is 0 Å². The molecule has 0 amide bonds. The average molecular weight is 262 g/mol. The zero-order valence-electron chi connectivity index (χ0n) is 7.29. The maximum absolute atomic E-state index is 4.38. The fourth-order valence-corrected chi connectivity index (χ4v) is 2.73. The maximum atomic E-state index is 4.38. The third-order valence-corrected chi connectivity index (χ3v) is 3.64. The summed E-state index contributed by atoms with van der Waals surface area (Å²) in [5.74, 6) is 0. The van der Waals surface area contributed by atoms with Crippen LogP contribution in [0.15, 0.2) is 9.98 Å². The molecule has 3 nitrogen and oxygen atoms in total. The number of aromatic nitrogens is 1. The average Bonchev–Trinajstić information content (AvgIpc) is 2.53. The minimum absolute atomic E-state index is 0.961. The van der Waals surface area contributed by atoms with Gasteiger partial charge in [-0.15, -0.1) is 11.3 Å². The van der Waals surface area contributed by atoms with Crippen molar-refractivity contribution in [2.45, 2.75) is 6.54 Å². The second kappa shape index (κ2) is 4.50. The van der Waals surface area contributed by atoms with Gasteiger partial charge in [0.2, 0.25) is 0 Å². The molecular formula is C8H12BrN3S. The molecule has 1 aromatic heterocycles. The van der Waals surface area contributed by atoms with Gasteiger partial charge in [0.25, 0.3) is 0 Å². The van der Waals surface area contributed by atoms with E-state index in [-0.39, 0.29) is 0 Å². The standard InChI is InChI=1S/C8H12BrN3S/c9-7-6-13-8(11-7)5-12-3-1-10-2-4-12/h6,10H,1-5H2. The highest BCUT2D eigenvalue weighted by molar-refractivity contribution is 9.10. The quantitative estimate of drug-likeness (QED) is 0.871. The molecule has 2 rings (SSSR count). The van der Waals surface area contributed by atoms with Crippen molar-refractivity contribution in [3.63, 3.8) is 0 Å². The molecule has 5 heteroatoms. The lowest BCUT2D eigenvalue weighted by Crippen LogP contribution is -2.42. The van der Waals surface area contributed by atoms with Crippen LogP contribution in [0, 0.1) is 0 Å². The van der Waals surface area contributed by atoms with Crippen molar-refractivity contribution >= 4 is 27.3 Å². The predicted molar refractivity (Wildman–Crippen MR) is 58.0 cm³/mol. The van der Waals surface area contributed by atoms with E-state index in [1.54, 1.807) is 11.3 Å². The van der Waals surface area contributed by atoms with E-state index < -0.39 is 0 Å². The van der Waals surface area contributed by atoms with Crippen LogP contribution >= 0.6 is 27.3 Å². The third kappa shape index (κ3) is 2.74. The number of piperazine rings is 1. The summed E-state index contributed by atoms with van der Waals surface area (Å²) < 4.78 is 0.961. The zero-order chi connectivity index (χ0) is 9.10. The largest absolute Gasteiger partial charge is 0.314 e. The second-order valence-corrected chi connectivity index (χ2v) is 4.85. The van der Waals surface area contributed by atoms with Crippen molar-refractivity contribution in [2.75, 3.05) is 26.2 Å². The molecule has 0 bridgehead atoms. The van der Waals surface area contributed by atoms with Crippen LogP contribution in [0.4, 0.5) is 0 Å². The highest BCUT2D eigenvalue weighted by atomic mass is 79.9. The Hall–Kier alpha value is 0.0300. The van der Waals surface area contributed by atoms with Gasteiger partial charge in [-0.1, -0.05) is 0 Å². The molecule has 0 radical (unpaired) electrons. The Morgan fingerprint density at radius 3 is 2.92 bits per heavy atom. The third-order valence-electron chi connectivity index (χ3n) is 2.09. The van der Waals surface area contributed by atoms with E-state index in [0.717, 1.165) is 37.3 Å². The Labute approximate surface area is 90.3 Å². The van der Waals surface area contributed by atoms with Gasteiger partial charge in [0, 0.05) is 31.6 Å². The van der Waals surface area contributed by atoms with Crippen LogP contribution in [0.3, 0.4) is 0 Å². The summed E-state index contributed by atoms with van der Waals surface area (Å²) in [6, 6.07) is 0. The molecule has 13 heavy (non-hydrogen) atoms. The first-order valence-corrected chi connectivity index (χ1v) is 6.05. The molecule has 0 spiro atoms. The molecular weight excluding hydrogens is 250 g/mol. The number of nitrogens with one attached hydrogen (secondary N) is 1. The van der Waals surface area contributed by atoms with Crippen molar-refractivity contribution in [3.8, 4) is 0 Å². The van der Waals surface area contributed by atoms with Crippen LogP contribution in [0.5, 0.6) is 0 Å². The molecule has 1 aromatic rings. The molecule has 72 valence electrons. The number of halogens is 1. The van der Waals surface area contributed by atoms with Crippen LogP contribution in [0.1, 0.15) is 5.01 Å². The normalized spacial score (nSPS) is 19.2. The van der Waals surface area contributed by atoms with Gasteiger partial charge in [-0.2, -0.15) is 0 Å². The first-order valence-electron chi connectivity index (χ1n) is 4.37. The first kappa shape index (κ1) is 9.58. The molecule has 2 heterocycles. The van der Waals surface area contributed by atoms with Gasteiger partial charge < -0.3 is 5.32 Å². The molecule has 0 saturated carbocycles. The lowest BCUT2D eigenvalue weighted by molar-refractivity contribution is 0.233. The SMILES string of the molecule is Brc1csc(CN2CCNCC2)n1. The Balaban J connectivity index is 1.89. The summed E-state index contributed by atoms with van der Waals surface area (Å²) in [6.45, 7) is 5.48. The Kier molecular flexibility index (Phi) is 3.32. The minimum atomic E-state index is 0.961. The summed E-state index contributed by atoms with van der Waals surface area (Å²) in [6.07, 6.45) is 0. The number of hydrogen-bond acceptors (Lipinski definition) is 4. The van der Waals surface area contributed by atoms with Crippen LogP contribution in [-0.2, 0) is 6.54 Å². The lowest BCUT2D eigenvalue weighted by atomic mass is 10.4. The van der Waals surface area contributed by atoms with Gasteiger partial charge in [-0.3, -0.25) is 4.90 Å². The molecule has 1 saturated heterocycles. The van der Waals surface area contributed by atoms with Crippen molar-refractivity contribution in [1.82, 2.24) is 15.2 Å². The molecule has 0 unspecified atom stereocenters. The smallest absolute Gasteiger partial charge is 0.117 e. The lowest BCUT2D eigenvalue weighted by Gasteiger charge is -2.25. The molecule has 1 aliphatic heterocycles. The van der Waals surface area contributed by atoms with Gasteiger partial charge in [-0.25, -0.2) is 4.98 Å². The van der Waals surface area contributed by atoms with E-state index in [0.29, 0.717) is 0 Å². The van der Waals surface area contributed by atoms with E-state index in [2.05, 4.69) is 31.1 Å². The molecule has 1 aliphatic rings. The van der Waals surface area contributed by atoms with E-state index in [1.165, 1.54) is 5.01 Å². The summed E-state index contributed by atoms with van der Waals surface area (Å²) in [5.41, 5.74) is 0. The van der Waals surface area contributed by atoms with Crippen molar-refractivity contribution in [3.05, 3.63) is 15.0 Å². The first-order chi connectivity index (χ1) is 6.34. The number of nitrogens with zero attached hydrogens (tertiary/aromatic N) is 2. The Morgan fingerprint density at radius 1 is 1.54 bits per heavy atom. The summed E-state index contributed by atoms with van der Waals surface area (Å²) in [4.78, 5) is 6.81. The Bertz CT molecular complexity index is 270. The van der Waals surface area contributed by atoms with Crippen molar-refractivity contribution in [2.24, 2.45) is 0 Å². The van der Waals surface area contributed by atoms with Crippen molar-refractivity contribution < 1.29 is 0 Å². The number of rotatable bonds is 2. The fourth-order valence-electron chi connectivity index (χ4n) is 1.42. The zero-order valence-corrected chi connectivity index (χ0v) is 9.70. The molecule has 1 N–H and O–H groups in total. The van der Waals surface area contributed by atoms with Crippen LogP contribution < -0.4 is 5.32 Å². The monoisotopic (exact) mass is 261 g/mol. The van der Waals surface area contributed by atoms with E-state index in [1.807, 2.05) is 5.38 Å². The van der Waals surface area contributed by atoms with Crippen LogP contribution in [0.2, 0.25) is 0 Å². The van der Waals surface area contributed by atoms with Gasteiger partial charge in [0.05, 0.1) is 6.54 Å². The topological polar surface area (TPSA) is 28.2 Å². The van der Waals surface area contributed by atoms with Crippen LogP contribution in [0.25, 0.3) is 0 Å². The second-order valence-electron chi connectivity index (χ2n) is 3.09. The number of hydrogen-bond donors (Lipinski definition) is 1. The van der Waals surface area contributed by atoms with Gasteiger partial charge >= 0.3 is 0 Å². The Morgan fingerprint density at radius 2 is 2.31 bits per heavy atom. The number of thiazole rings is 1. The molecule has 0 atom stereocenters. The van der Waals surface area contributed by atoms with Gasteiger partial charge in [0.15, 0.2) is 0 Å². The minimum Gasteiger partial charge on any atom is -0.314 e. The molecule has 1 fully saturated rings. The summed E-state index contributed by atoms with van der Waals surface area (Å²) in [7, 11) is 0. The van der Waals surface area contributed by atoms with Gasteiger partial charge in [0.1, 0.15) is 9.61 Å². The highest BCUT2D eigenvalue weighted by Gasteiger charge is 2.11. The maximum Gasteiger partial charge on any atom is 0.117 e. The fraction of sp³-hybridized carbons (Fsp3) is 0.625. The highest BCUT2D eigenvalue weighted by Crippen LogP contribution is 2.16. The van der Waals surface area contributed by atoms with Crippen LogP contribution in [-0.4, -0.2) is 36.1 Å². The van der Waals surface area contributed by atoms with Crippen molar-refractivity contribution in [1.29, 1.82) is 0 Å². The predicted octanol–water partition coefficient (Wildman–Crippen LogP) is 1.31. The molecule has 0 aliphatic carbocycles. The van der Waals surface area contributed by atoms with E-state index in [4.69, 9.17) is 0 Å². The van der Waals surface area contributed by atoms with E-state index >= 15 is 0 Å². The summed E-state index contributed by atoms with van der Waals surface area (Å²) in [5, 5.41) is 6.58. The molecule has 0 aromatic carbocycles. The van der Waals surface area contributed by atoms with Gasteiger partial charge in [-0.05, 0) is 15.9 Å². The summed E-state index contributed by atoms with van der Waals surface area (Å²) >= 11 is 5.09.